The fourth-order valence-corrected chi connectivity index (χ4v) is 3.70. The highest BCUT2D eigenvalue weighted by atomic mass is 16.7. The van der Waals surface area contributed by atoms with Gasteiger partial charge in [0.15, 0.2) is 17.6 Å². The van der Waals surface area contributed by atoms with Crippen molar-refractivity contribution in [3.8, 4) is 17.2 Å². The molecule has 1 aromatic heterocycles. The molecule has 0 saturated heterocycles. The second kappa shape index (κ2) is 8.82. The molecule has 1 aliphatic heterocycles. The van der Waals surface area contributed by atoms with E-state index in [-0.39, 0.29) is 6.79 Å². The van der Waals surface area contributed by atoms with Crippen LogP contribution in [0.1, 0.15) is 12.5 Å². The van der Waals surface area contributed by atoms with Gasteiger partial charge in [0.1, 0.15) is 16.9 Å². The summed E-state index contributed by atoms with van der Waals surface area (Å²) < 4.78 is 27.2. The number of para-hydroxylation sites is 1. The summed E-state index contributed by atoms with van der Waals surface area (Å²) in [7, 11) is 1.52. The van der Waals surface area contributed by atoms with Crippen LogP contribution >= 0.6 is 0 Å². The average molecular weight is 459 g/mol. The van der Waals surface area contributed by atoms with Crippen molar-refractivity contribution >= 4 is 45.6 Å². The maximum Gasteiger partial charge on any atom is 0.331 e. The van der Waals surface area contributed by atoms with E-state index >= 15 is 0 Å². The number of hydrogen-bond donors (Lipinski definition) is 1. The van der Waals surface area contributed by atoms with Crippen molar-refractivity contribution in [3.63, 3.8) is 0 Å². The number of esters is 1. The third-order valence-corrected chi connectivity index (χ3v) is 5.43. The lowest BCUT2D eigenvalue weighted by Crippen LogP contribution is -2.29. The van der Waals surface area contributed by atoms with Crippen molar-refractivity contribution in [1.82, 2.24) is 0 Å². The molecule has 8 heteroatoms. The first-order valence-corrected chi connectivity index (χ1v) is 10.6. The van der Waals surface area contributed by atoms with Gasteiger partial charge in [-0.2, -0.15) is 0 Å². The number of carbonyl (C=O) groups is 2. The molecule has 5 rings (SSSR count). The molecule has 1 aliphatic rings. The molecule has 8 nitrogen and oxygen atoms in total. The van der Waals surface area contributed by atoms with Crippen LogP contribution in [0.4, 0.5) is 5.69 Å². The van der Waals surface area contributed by atoms with Crippen LogP contribution in [-0.4, -0.2) is 31.9 Å². The van der Waals surface area contributed by atoms with Gasteiger partial charge in [0.2, 0.25) is 6.79 Å². The number of ether oxygens (including phenoxy) is 4. The second-order valence-electron chi connectivity index (χ2n) is 7.66. The number of amides is 1. The zero-order chi connectivity index (χ0) is 23.7. The van der Waals surface area contributed by atoms with Crippen LogP contribution in [0.2, 0.25) is 0 Å². The molecule has 1 atom stereocenters. The Morgan fingerprint density at radius 2 is 1.82 bits per heavy atom. The van der Waals surface area contributed by atoms with Gasteiger partial charge in [-0.05, 0) is 42.8 Å². The molecule has 0 radical (unpaired) electrons. The van der Waals surface area contributed by atoms with Crippen LogP contribution in [0.15, 0.2) is 65.1 Å². The minimum atomic E-state index is -1.04. The van der Waals surface area contributed by atoms with E-state index in [0.29, 0.717) is 28.5 Å². The molecule has 3 aromatic carbocycles. The average Bonchev–Trinajstić information content (AvgIpc) is 3.45. The van der Waals surface area contributed by atoms with Gasteiger partial charge in [0.25, 0.3) is 5.91 Å². The van der Waals surface area contributed by atoms with Gasteiger partial charge < -0.3 is 28.7 Å². The third-order valence-electron chi connectivity index (χ3n) is 5.43. The fraction of sp³-hybridized carbons (Fsp3) is 0.154. The zero-order valence-corrected chi connectivity index (χ0v) is 18.5. The first-order valence-electron chi connectivity index (χ1n) is 10.6. The van der Waals surface area contributed by atoms with E-state index in [2.05, 4.69) is 5.32 Å². The highest BCUT2D eigenvalue weighted by Gasteiger charge is 2.20. The molecular weight excluding hydrogens is 438 g/mol. The molecule has 2 heterocycles. The molecule has 4 aromatic rings. The lowest BCUT2D eigenvalue weighted by Gasteiger charge is -2.14. The number of furan rings is 1. The largest absolute Gasteiger partial charge is 0.495 e. The lowest BCUT2D eigenvalue weighted by atomic mass is 10.1. The van der Waals surface area contributed by atoms with Gasteiger partial charge in [-0.3, -0.25) is 4.79 Å². The lowest BCUT2D eigenvalue weighted by molar-refractivity contribution is -0.148. The second-order valence-corrected chi connectivity index (χ2v) is 7.66. The van der Waals surface area contributed by atoms with Crippen molar-refractivity contribution in [2.75, 3.05) is 19.2 Å². The molecule has 1 amide bonds. The number of hydrogen-bond acceptors (Lipinski definition) is 7. The summed E-state index contributed by atoms with van der Waals surface area (Å²) in [5, 5.41) is 4.57. The first-order chi connectivity index (χ1) is 16.5. The minimum Gasteiger partial charge on any atom is -0.495 e. The Balaban J connectivity index is 1.27. The molecular formula is C26H21NO7. The monoisotopic (exact) mass is 459 g/mol. The fourth-order valence-electron chi connectivity index (χ4n) is 3.70. The van der Waals surface area contributed by atoms with Crippen molar-refractivity contribution < 1.29 is 33.0 Å². The van der Waals surface area contributed by atoms with Crippen molar-refractivity contribution in [3.05, 3.63) is 66.2 Å². The summed E-state index contributed by atoms with van der Waals surface area (Å²) >= 11 is 0. The molecule has 0 unspecified atom stereocenters. The van der Waals surface area contributed by atoms with E-state index in [1.54, 1.807) is 30.3 Å². The molecule has 0 saturated carbocycles. The zero-order valence-electron chi connectivity index (χ0n) is 18.5. The van der Waals surface area contributed by atoms with Gasteiger partial charge in [-0.15, -0.1) is 0 Å². The molecule has 0 spiro atoms. The number of carbonyl (C=O) groups excluding carboxylic acids is 2. The summed E-state index contributed by atoms with van der Waals surface area (Å²) in [6, 6.07) is 16.4. The van der Waals surface area contributed by atoms with E-state index in [1.165, 1.54) is 20.1 Å². The first kappa shape index (κ1) is 21.4. The Morgan fingerprint density at radius 3 is 2.68 bits per heavy atom. The van der Waals surface area contributed by atoms with E-state index < -0.39 is 18.0 Å². The van der Waals surface area contributed by atoms with Crippen LogP contribution < -0.4 is 19.5 Å². The Labute approximate surface area is 194 Å². The van der Waals surface area contributed by atoms with Crippen LogP contribution in [-0.2, 0) is 14.3 Å². The van der Waals surface area contributed by atoms with Crippen molar-refractivity contribution in [1.29, 1.82) is 0 Å². The quantitative estimate of drug-likeness (QED) is 0.323. The Kier molecular flexibility index (Phi) is 5.55. The number of anilines is 1. The summed E-state index contributed by atoms with van der Waals surface area (Å²) in [5.74, 6) is 0.576. The highest BCUT2D eigenvalue weighted by molar-refractivity contribution is 6.08. The number of rotatable bonds is 6. The van der Waals surface area contributed by atoms with E-state index in [1.807, 2.05) is 30.3 Å². The van der Waals surface area contributed by atoms with Gasteiger partial charge in [0, 0.05) is 22.9 Å². The Morgan fingerprint density at radius 1 is 1.00 bits per heavy atom. The predicted octanol–water partition coefficient (Wildman–Crippen LogP) is 4.91. The SMILES string of the molecule is COc1cc2c(cc1NC(=O)[C@@H](C)OC(=O)/C=C/c1ccc3c(c1)OCO3)oc1ccccc12. The topological polar surface area (TPSA) is 96.2 Å². The van der Waals surface area contributed by atoms with E-state index in [0.717, 1.165) is 21.9 Å². The number of methoxy groups -OCH3 is 1. The summed E-state index contributed by atoms with van der Waals surface area (Å²) in [4.78, 5) is 24.9. The summed E-state index contributed by atoms with van der Waals surface area (Å²) in [6.45, 7) is 1.67. The normalized spacial score (nSPS) is 13.4. The van der Waals surface area contributed by atoms with E-state index in [4.69, 9.17) is 23.4 Å². The van der Waals surface area contributed by atoms with Crippen LogP contribution in [0, 0.1) is 0 Å². The molecule has 34 heavy (non-hydrogen) atoms. The molecule has 1 N–H and O–H groups in total. The molecule has 0 bridgehead atoms. The number of benzene rings is 3. The Bertz CT molecular complexity index is 1440. The van der Waals surface area contributed by atoms with E-state index in [9.17, 15) is 9.59 Å². The third kappa shape index (κ3) is 4.13. The molecule has 172 valence electrons. The number of fused-ring (bicyclic) bond motifs is 4. The Hall–Kier alpha value is -4.46. The summed E-state index contributed by atoms with van der Waals surface area (Å²) in [5.41, 5.74) is 2.49. The van der Waals surface area contributed by atoms with Crippen LogP contribution in [0.5, 0.6) is 17.2 Å². The van der Waals surface area contributed by atoms with Gasteiger partial charge in [-0.25, -0.2) is 4.79 Å². The molecule has 0 fully saturated rings. The van der Waals surface area contributed by atoms with Crippen molar-refractivity contribution in [2.24, 2.45) is 0 Å². The highest BCUT2D eigenvalue weighted by Crippen LogP contribution is 2.36. The van der Waals surface area contributed by atoms with Gasteiger partial charge in [-0.1, -0.05) is 24.3 Å². The molecule has 0 aliphatic carbocycles. The van der Waals surface area contributed by atoms with Crippen LogP contribution in [0.25, 0.3) is 28.0 Å². The number of nitrogens with one attached hydrogen (secondary N) is 1. The standard InChI is InChI=1S/C26H21NO7/c1-15(33-25(28)10-8-16-7-9-21-24(11-16)32-14-31-21)26(29)27-19-13-22-18(12-23(19)30-2)17-5-3-4-6-20(17)34-22/h3-13,15H,14H2,1-2H3,(H,27,29)/b10-8+/t15-/m1/s1. The van der Waals surface area contributed by atoms with Gasteiger partial charge >= 0.3 is 5.97 Å². The van der Waals surface area contributed by atoms with Crippen LogP contribution in [0.3, 0.4) is 0 Å². The minimum absolute atomic E-state index is 0.172. The maximum absolute atomic E-state index is 12.7. The predicted molar refractivity (Wildman–Crippen MR) is 126 cm³/mol. The maximum atomic E-state index is 12.7. The summed E-state index contributed by atoms with van der Waals surface area (Å²) in [6.07, 6.45) is 1.79. The van der Waals surface area contributed by atoms with Gasteiger partial charge in [0.05, 0.1) is 12.8 Å². The smallest absolute Gasteiger partial charge is 0.331 e. The van der Waals surface area contributed by atoms with Crippen molar-refractivity contribution in [2.45, 2.75) is 13.0 Å².